The van der Waals surface area contributed by atoms with Crippen LogP contribution in [0.3, 0.4) is 0 Å². The van der Waals surface area contributed by atoms with Gasteiger partial charge in [0.15, 0.2) is 0 Å². The Morgan fingerprint density at radius 2 is 1.80 bits per heavy atom. The highest BCUT2D eigenvalue weighted by molar-refractivity contribution is 7.90. The molecule has 0 aliphatic carbocycles. The Morgan fingerprint density at radius 1 is 1.27 bits per heavy atom. The van der Waals surface area contributed by atoms with Crippen LogP contribution in [0.5, 0.6) is 0 Å². The molecular weight excluding hydrogens is 212 g/mol. The third-order valence-electron chi connectivity index (χ3n) is 2.58. The lowest BCUT2D eigenvalue weighted by Gasteiger charge is -2.37. The van der Waals surface area contributed by atoms with E-state index < -0.39 is 9.84 Å². The van der Waals surface area contributed by atoms with Crippen molar-refractivity contribution in [1.82, 2.24) is 4.90 Å². The van der Waals surface area contributed by atoms with Gasteiger partial charge in [0.1, 0.15) is 9.84 Å². The average Bonchev–Trinajstić information content (AvgIpc) is 2.10. The molecule has 0 fully saturated rings. The van der Waals surface area contributed by atoms with Gasteiger partial charge in [-0.15, -0.1) is 0 Å². The van der Waals surface area contributed by atoms with Gasteiger partial charge in [-0.1, -0.05) is 6.92 Å². The molecule has 4 nitrogen and oxygen atoms in total. The molecule has 0 rings (SSSR count). The maximum absolute atomic E-state index is 11.1. The summed E-state index contributed by atoms with van der Waals surface area (Å²) in [5.41, 5.74) is 5.56. The van der Waals surface area contributed by atoms with Crippen molar-refractivity contribution in [3.05, 3.63) is 0 Å². The summed E-state index contributed by atoms with van der Waals surface area (Å²) < 4.78 is 22.2. The lowest BCUT2D eigenvalue weighted by molar-refractivity contribution is 0.135. The molecule has 0 saturated carbocycles. The quantitative estimate of drug-likeness (QED) is 0.698. The molecule has 2 N–H and O–H groups in total. The van der Waals surface area contributed by atoms with Gasteiger partial charge < -0.3 is 5.73 Å². The van der Waals surface area contributed by atoms with E-state index in [0.29, 0.717) is 13.1 Å². The zero-order valence-corrected chi connectivity index (χ0v) is 11.1. The lowest BCUT2D eigenvalue weighted by atomic mass is 10.0. The van der Waals surface area contributed by atoms with Crippen LogP contribution in [0, 0.1) is 0 Å². The molecule has 0 amide bonds. The van der Waals surface area contributed by atoms with E-state index in [1.54, 1.807) is 0 Å². The van der Waals surface area contributed by atoms with Crippen LogP contribution >= 0.6 is 0 Å². The molecular formula is C10H24N2O2S. The van der Waals surface area contributed by atoms with Crippen molar-refractivity contribution >= 4 is 9.84 Å². The molecule has 0 saturated heterocycles. The minimum absolute atomic E-state index is 0.124. The van der Waals surface area contributed by atoms with Gasteiger partial charge in [0, 0.05) is 24.9 Å². The monoisotopic (exact) mass is 236 g/mol. The van der Waals surface area contributed by atoms with E-state index in [4.69, 9.17) is 5.73 Å². The van der Waals surface area contributed by atoms with Crippen LogP contribution in [0.15, 0.2) is 0 Å². The first-order chi connectivity index (χ1) is 6.73. The minimum atomic E-state index is -2.89. The lowest BCUT2D eigenvalue weighted by Crippen LogP contribution is -2.51. The molecule has 0 aliphatic rings. The SMILES string of the molecule is CCCN(CCS(C)(=O)=O)C(C)(C)CN. The molecule has 0 aromatic carbocycles. The summed E-state index contributed by atoms with van der Waals surface area (Å²) >= 11 is 0. The molecule has 0 unspecified atom stereocenters. The average molecular weight is 236 g/mol. The standard InChI is InChI=1S/C10H24N2O2S/c1-5-6-12(10(2,3)9-11)7-8-15(4,13)14/h5-9,11H2,1-4H3. The Morgan fingerprint density at radius 3 is 2.13 bits per heavy atom. The van der Waals surface area contributed by atoms with Gasteiger partial charge in [0.2, 0.25) is 0 Å². The molecule has 0 aromatic heterocycles. The predicted octanol–water partition coefficient (Wildman–Crippen LogP) is 0.480. The van der Waals surface area contributed by atoms with Gasteiger partial charge in [-0.3, -0.25) is 4.90 Å². The van der Waals surface area contributed by atoms with E-state index in [1.807, 2.05) is 13.8 Å². The van der Waals surface area contributed by atoms with E-state index in [-0.39, 0.29) is 11.3 Å². The highest BCUT2D eigenvalue weighted by Gasteiger charge is 2.24. The Hall–Kier alpha value is -0.130. The summed E-state index contributed by atoms with van der Waals surface area (Å²) in [5.74, 6) is 0.205. The van der Waals surface area contributed by atoms with Crippen LogP contribution in [0.2, 0.25) is 0 Å². The Balaban J connectivity index is 4.41. The second-order valence-electron chi connectivity index (χ2n) is 4.63. The van der Waals surface area contributed by atoms with Gasteiger partial charge >= 0.3 is 0 Å². The maximum Gasteiger partial charge on any atom is 0.148 e. The first-order valence-corrected chi connectivity index (χ1v) is 7.42. The van der Waals surface area contributed by atoms with Crippen LogP contribution in [0.4, 0.5) is 0 Å². The Bertz CT molecular complexity index is 273. The molecule has 0 aromatic rings. The van der Waals surface area contributed by atoms with Crippen molar-refractivity contribution < 1.29 is 8.42 Å². The minimum Gasteiger partial charge on any atom is -0.329 e. The van der Waals surface area contributed by atoms with E-state index in [1.165, 1.54) is 6.26 Å². The second-order valence-corrected chi connectivity index (χ2v) is 6.89. The smallest absolute Gasteiger partial charge is 0.148 e. The summed E-state index contributed by atoms with van der Waals surface area (Å²) in [7, 11) is -2.89. The molecule has 5 heteroatoms. The second kappa shape index (κ2) is 5.82. The van der Waals surface area contributed by atoms with Crippen LogP contribution < -0.4 is 5.73 Å². The first-order valence-electron chi connectivity index (χ1n) is 5.36. The van der Waals surface area contributed by atoms with Crippen molar-refractivity contribution in [1.29, 1.82) is 0 Å². The van der Waals surface area contributed by atoms with E-state index in [9.17, 15) is 8.42 Å². The highest BCUT2D eigenvalue weighted by Crippen LogP contribution is 2.13. The van der Waals surface area contributed by atoms with Gasteiger partial charge in [-0.2, -0.15) is 0 Å². The summed E-state index contributed by atoms with van der Waals surface area (Å²) in [6.07, 6.45) is 2.28. The number of nitrogens with two attached hydrogens (primary N) is 1. The predicted molar refractivity (Wildman–Crippen MR) is 64.7 cm³/mol. The molecule has 0 bridgehead atoms. The number of hydrogen-bond donors (Lipinski definition) is 1. The van der Waals surface area contributed by atoms with Crippen molar-refractivity contribution in [2.24, 2.45) is 5.73 Å². The molecule has 15 heavy (non-hydrogen) atoms. The maximum atomic E-state index is 11.1. The summed E-state index contributed by atoms with van der Waals surface area (Å²) in [6, 6.07) is 0. The molecule has 0 heterocycles. The van der Waals surface area contributed by atoms with Crippen LogP contribution in [-0.4, -0.2) is 50.5 Å². The van der Waals surface area contributed by atoms with E-state index in [2.05, 4.69) is 11.8 Å². The fraction of sp³-hybridized carbons (Fsp3) is 1.00. The number of hydrogen-bond acceptors (Lipinski definition) is 4. The van der Waals surface area contributed by atoms with E-state index >= 15 is 0 Å². The van der Waals surface area contributed by atoms with Crippen LogP contribution in [0.25, 0.3) is 0 Å². The van der Waals surface area contributed by atoms with Gasteiger partial charge in [-0.25, -0.2) is 8.42 Å². The van der Waals surface area contributed by atoms with Crippen molar-refractivity contribution in [2.75, 3.05) is 31.6 Å². The normalized spacial score (nSPS) is 13.5. The topological polar surface area (TPSA) is 63.4 Å². The van der Waals surface area contributed by atoms with Gasteiger partial charge in [0.05, 0.1) is 5.75 Å². The number of sulfone groups is 1. The summed E-state index contributed by atoms with van der Waals surface area (Å²) in [6.45, 7) is 8.17. The summed E-state index contributed by atoms with van der Waals surface area (Å²) in [5, 5.41) is 0. The fourth-order valence-corrected chi connectivity index (χ4v) is 1.94. The Kier molecular flexibility index (Phi) is 5.77. The fourth-order valence-electron chi connectivity index (χ4n) is 1.39. The number of nitrogens with zero attached hydrogens (tertiary/aromatic N) is 1. The van der Waals surface area contributed by atoms with Crippen molar-refractivity contribution in [3.63, 3.8) is 0 Å². The Labute approximate surface area is 93.7 Å². The first kappa shape index (κ1) is 14.9. The molecule has 0 radical (unpaired) electrons. The van der Waals surface area contributed by atoms with Crippen LogP contribution in [-0.2, 0) is 9.84 Å². The third-order valence-corrected chi connectivity index (χ3v) is 3.51. The van der Waals surface area contributed by atoms with E-state index in [0.717, 1.165) is 13.0 Å². The largest absolute Gasteiger partial charge is 0.329 e. The molecule has 0 atom stereocenters. The zero-order chi connectivity index (χ0) is 12.1. The van der Waals surface area contributed by atoms with Gasteiger partial charge in [-0.05, 0) is 26.8 Å². The zero-order valence-electron chi connectivity index (χ0n) is 10.3. The molecule has 0 spiro atoms. The molecule has 92 valence electrons. The third kappa shape index (κ3) is 6.12. The molecule has 0 aliphatic heterocycles. The van der Waals surface area contributed by atoms with Gasteiger partial charge in [0.25, 0.3) is 0 Å². The van der Waals surface area contributed by atoms with Crippen molar-refractivity contribution in [3.8, 4) is 0 Å². The van der Waals surface area contributed by atoms with Crippen molar-refractivity contribution in [2.45, 2.75) is 32.7 Å². The number of rotatable bonds is 7. The summed E-state index contributed by atoms with van der Waals surface area (Å²) in [4.78, 5) is 2.15. The highest BCUT2D eigenvalue weighted by atomic mass is 32.2. The van der Waals surface area contributed by atoms with Crippen LogP contribution in [0.1, 0.15) is 27.2 Å².